The Morgan fingerprint density at radius 3 is 2.35 bits per heavy atom. The Morgan fingerprint density at radius 2 is 1.67 bits per heavy atom. The lowest BCUT2D eigenvalue weighted by Crippen LogP contribution is -2.63. The molecule has 2 saturated carbocycles. The summed E-state index contributed by atoms with van der Waals surface area (Å²) in [6, 6.07) is 22.0. The summed E-state index contributed by atoms with van der Waals surface area (Å²) in [4.78, 5) is 59.0. The number of nitrogens with one attached hydrogen (secondary N) is 1. The van der Waals surface area contributed by atoms with Crippen LogP contribution in [0.4, 0.5) is 18.9 Å². The number of carbonyl (C=O) groups is 4. The van der Waals surface area contributed by atoms with Crippen LogP contribution in [0.1, 0.15) is 112 Å². The predicted octanol–water partition coefficient (Wildman–Crippen LogP) is 10.2. The molecule has 2 amide bonds. The first-order chi connectivity index (χ1) is 33.0. The van der Waals surface area contributed by atoms with Crippen LogP contribution >= 0.6 is 11.6 Å². The van der Waals surface area contributed by atoms with Crippen molar-refractivity contribution in [3.05, 3.63) is 118 Å². The maximum Gasteiger partial charge on any atom is 0.471 e. The maximum atomic E-state index is 14.6. The molecular weight excluding hydrogens is 911 g/mol. The molecule has 0 bridgehead atoms. The molecule has 11 nitrogen and oxygen atoms in total. The van der Waals surface area contributed by atoms with Crippen LogP contribution in [0.15, 0.2) is 85.1 Å². The van der Waals surface area contributed by atoms with Crippen LogP contribution in [0.2, 0.25) is 5.02 Å². The minimum atomic E-state index is -5.31. The fraction of sp³-hybridized carbons (Fsp3) is 0.500. The minimum absolute atomic E-state index is 0.00248. The molecule has 1 spiro atoms. The Hall–Kier alpha value is -5.63. The number of fused-ring (bicyclic) bond motifs is 3. The molecule has 1 heterocycles. The van der Waals surface area contributed by atoms with E-state index in [9.17, 15) is 32.3 Å². The number of amides is 2. The number of esters is 2. The Kier molecular flexibility index (Phi) is 14.7. The highest BCUT2D eigenvalue weighted by atomic mass is 35.5. The number of ether oxygens (including phenoxy) is 4. The highest BCUT2D eigenvalue weighted by Gasteiger charge is 2.60. The van der Waals surface area contributed by atoms with Crippen LogP contribution in [0.25, 0.3) is 0 Å². The van der Waals surface area contributed by atoms with E-state index >= 15 is 0 Å². The van der Waals surface area contributed by atoms with Crippen molar-refractivity contribution in [1.82, 2.24) is 10.3 Å². The number of pyridine rings is 1. The predicted molar refractivity (Wildman–Crippen MR) is 254 cm³/mol. The minimum Gasteiger partial charge on any atom is -0.493 e. The van der Waals surface area contributed by atoms with Crippen molar-refractivity contribution in [3.8, 4) is 11.5 Å². The molecule has 4 aliphatic carbocycles. The highest BCUT2D eigenvalue weighted by Crippen LogP contribution is 2.58. The molecule has 0 unspecified atom stereocenters. The molecule has 1 N–H and O–H groups in total. The molecule has 4 aliphatic rings. The third-order valence-electron chi connectivity index (χ3n) is 15.3. The van der Waals surface area contributed by atoms with Gasteiger partial charge in [0.2, 0.25) is 5.91 Å². The zero-order valence-electron chi connectivity index (χ0n) is 39.7. The molecule has 69 heavy (non-hydrogen) atoms. The number of carbonyl (C=O) groups excluding carboxylic acids is 4. The standard InChI is InChI=1S/C54H61ClF3N3O8/c1-34(32-68-45-18-25-59-43-15-8-10-35(2)47(43)45)26-38-28-37-16-17-41(69-33-51(19-20-51)31-46(62)60-44(48(63)66-3)27-36-11-6-5-7-12-36)30-42(37)52(38)21-23-53(24-22-52,50(65)67-4)61(49(64)54(56,57)58)40-14-9-13-39(55)29-40/h5-7,9,11-14,16-18,25,29-30,34-35,38,44H,8,10,15,19-24,26-28,31-33H2,1-4H3,(H,60,62)/t34-,35-,38+,44+,52?,53?/m1/s1. The topological polar surface area (TPSA) is 133 Å². The molecule has 4 atom stereocenters. The van der Waals surface area contributed by atoms with E-state index in [2.05, 4.69) is 24.1 Å². The second kappa shape index (κ2) is 20.4. The smallest absolute Gasteiger partial charge is 0.471 e. The number of rotatable bonds is 17. The number of hydrogen-bond acceptors (Lipinski definition) is 9. The Labute approximate surface area is 406 Å². The van der Waals surface area contributed by atoms with Gasteiger partial charge in [-0.3, -0.25) is 19.5 Å². The van der Waals surface area contributed by atoms with E-state index in [1.165, 1.54) is 36.9 Å². The van der Waals surface area contributed by atoms with E-state index in [-0.39, 0.29) is 73.6 Å². The number of alkyl halides is 3. The molecule has 2 fully saturated rings. The second-order valence-corrected chi connectivity index (χ2v) is 20.4. The summed E-state index contributed by atoms with van der Waals surface area (Å²) in [5, 5.41) is 2.99. The second-order valence-electron chi connectivity index (χ2n) is 19.9. The van der Waals surface area contributed by atoms with E-state index in [4.69, 9.17) is 30.5 Å². The Morgan fingerprint density at radius 1 is 0.913 bits per heavy atom. The van der Waals surface area contributed by atoms with Crippen molar-refractivity contribution in [1.29, 1.82) is 0 Å². The van der Waals surface area contributed by atoms with Gasteiger partial charge in [0.15, 0.2) is 0 Å². The van der Waals surface area contributed by atoms with Crippen LogP contribution in [0.3, 0.4) is 0 Å². The number of hydrogen-bond donors (Lipinski definition) is 1. The third-order valence-corrected chi connectivity index (χ3v) is 15.5. The summed E-state index contributed by atoms with van der Waals surface area (Å²) >= 11 is 6.30. The van der Waals surface area contributed by atoms with Gasteiger partial charge in [-0.25, -0.2) is 9.59 Å². The van der Waals surface area contributed by atoms with Gasteiger partial charge >= 0.3 is 24.0 Å². The number of aromatic nitrogens is 1. The van der Waals surface area contributed by atoms with E-state index < -0.39 is 46.4 Å². The molecule has 3 aromatic carbocycles. The molecule has 0 saturated heterocycles. The Balaban J connectivity index is 1.05. The fourth-order valence-electron chi connectivity index (χ4n) is 11.5. The third kappa shape index (κ3) is 10.6. The van der Waals surface area contributed by atoms with E-state index in [0.29, 0.717) is 36.0 Å². The number of methoxy groups -OCH3 is 2. The van der Waals surface area contributed by atoms with Crippen molar-refractivity contribution in [2.24, 2.45) is 17.3 Å². The first-order valence-corrected chi connectivity index (χ1v) is 24.4. The van der Waals surface area contributed by atoms with E-state index in [0.717, 1.165) is 67.3 Å². The van der Waals surface area contributed by atoms with Gasteiger partial charge in [-0.1, -0.05) is 67.9 Å². The summed E-state index contributed by atoms with van der Waals surface area (Å²) < 4.78 is 67.2. The van der Waals surface area contributed by atoms with E-state index in [1.54, 1.807) is 6.20 Å². The lowest BCUT2D eigenvalue weighted by Gasteiger charge is -2.51. The normalized spacial score (nSPS) is 23.1. The number of halogens is 4. The lowest BCUT2D eigenvalue weighted by atomic mass is 9.59. The number of nitrogens with zero attached hydrogens (tertiary/aromatic N) is 2. The van der Waals surface area contributed by atoms with Gasteiger partial charge in [0.25, 0.3) is 0 Å². The SMILES string of the molecule is COC(=O)[C@H](Cc1ccccc1)NC(=O)CC1(COc2ccc3c(c2)C2(CCC(C(=O)OC)(N(C(=O)C(F)(F)F)c4cccc(Cl)c4)CC2)[C@@H](C[C@@H](C)COc2ccnc4c2[C@H](C)CCC4)C3)CC1. The Bertz CT molecular complexity index is 2530. The summed E-state index contributed by atoms with van der Waals surface area (Å²) in [5.41, 5.74) is 2.01. The first kappa shape index (κ1) is 49.8. The van der Waals surface area contributed by atoms with E-state index in [1.807, 2.05) is 54.6 Å². The van der Waals surface area contributed by atoms with Crippen molar-refractivity contribution in [2.45, 2.75) is 126 Å². The summed E-state index contributed by atoms with van der Waals surface area (Å²) in [5.74, 6) is -2.09. The van der Waals surface area contributed by atoms with Crippen LogP contribution < -0.4 is 19.7 Å². The summed E-state index contributed by atoms with van der Waals surface area (Å²) in [6.45, 7) is 5.05. The quantitative estimate of drug-likeness (QED) is 0.103. The van der Waals surface area contributed by atoms with Crippen molar-refractivity contribution >= 4 is 41.0 Å². The zero-order valence-corrected chi connectivity index (χ0v) is 40.4. The first-order valence-electron chi connectivity index (χ1n) is 24.0. The fourth-order valence-corrected chi connectivity index (χ4v) is 11.7. The molecule has 8 rings (SSSR count). The van der Waals surface area contributed by atoms with Crippen LogP contribution in [0.5, 0.6) is 11.5 Å². The van der Waals surface area contributed by atoms with Gasteiger partial charge in [-0.2, -0.15) is 13.2 Å². The largest absolute Gasteiger partial charge is 0.493 e. The molecule has 0 radical (unpaired) electrons. The molecule has 1 aromatic heterocycles. The molecule has 368 valence electrons. The van der Waals surface area contributed by atoms with Gasteiger partial charge in [0.05, 0.1) is 27.4 Å². The monoisotopic (exact) mass is 971 g/mol. The van der Waals surface area contributed by atoms with Crippen LogP contribution in [-0.2, 0) is 53.3 Å². The van der Waals surface area contributed by atoms with Crippen LogP contribution in [0, 0.1) is 17.3 Å². The van der Waals surface area contributed by atoms with Gasteiger partial charge in [0.1, 0.15) is 23.1 Å². The van der Waals surface area contributed by atoms with Gasteiger partial charge in [-0.15, -0.1) is 0 Å². The number of anilines is 1. The van der Waals surface area contributed by atoms with Gasteiger partial charge in [0, 0.05) is 46.4 Å². The number of benzene rings is 3. The van der Waals surface area contributed by atoms with Crippen molar-refractivity contribution < 1.29 is 51.3 Å². The summed E-state index contributed by atoms with van der Waals surface area (Å²) in [6.07, 6.45) is 3.23. The molecular formula is C54H61ClF3N3O8. The molecule has 4 aromatic rings. The van der Waals surface area contributed by atoms with Crippen molar-refractivity contribution in [3.63, 3.8) is 0 Å². The zero-order chi connectivity index (χ0) is 49.1. The lowest BCUT2D eigenvalue weighted by molar-refractivity contribution is -0.174. The maximum absolute atomic E-state index is 14.6. The number of aryl methyl sites for hydroxylation is 1. The summed E-state index contributed by atoms with van der Waals surface area (Å²) in [7, 11) is 2.42. The van der Waals surface area contributed by atoms with Gasteiger partial charge in [-0.05, 0) is 147 Å². The van der Waals surface area contributed by atoms with Crippen LogP contribution in [-0.4, -0.2) is 73.9 Å². The van der Waals surface area contributed by atoms with Crippen molar-refractivity contribution in [2.75, 3.05) is 32.3 Å². The average Bonchev–Trinajstić information content (AvgIpc) is 4.04. The molecule has 0 aliphatic heterocycles. The average molecular weight is 973 g/mol. The van der Waals surface area contributed by atoms with Gasteiger partial charge < -0.3 is 24.3 Å². The highest BCUT2D eigenvalue weighted by molar-refractivity contribution is 6.31. The molecule has 15 heteroatoms.